The van der Waals surface area contributed by atoms with Gasteiger partial charge in [-0.25, -0.2) is 4.79 Å². The molecule has 1 rings (SSSR count). The van der Waals surface area contributed by atoms with Gasteiger partial charge in [0.05, 0.1) is 23.7 Å². The Kier molecular flexibility index (Phi) is 5.95. The van der Waals surface area contributed by atoms with Crippen LogP contribution in [-0.2, 0) is 4.74 Å². The highest BCUT2D eigenvalue weighted by Gasteiger charge is 2.09. The van der Waals surface area contributed by atoms with Gasteiger partial charge in [-0.1, -0.05) is 6.07 Å². The SMILES string of the molecule is CC(C)OC(=O)c1cccc(NCC(O)CCl)c1. The molecule has 0 radical (unpaired) electrons. The Labute approximate surface area is 112 Å². The van der Waals surface area contributed by atoms with Gasteiger partial charge in [-0.2, -0.15) is 0 Å². The summed E-state index contributed by atoms with van der Waals surface area (Å²) in [4.78, 5) is 11.7. The average molecular weight is 272 g/mol. The van der Waals surface area contributed by atoms with Crippen LogP contribution in [0.2, 0.25) is 0 Å². The van der Waals surface area contributed by atoms with Gasteiger partial charge in [0.25, 0.3) is 0 Å². The smallest absolute Gasteiger partial charge is 0.338 e. The summed E-state index contributed by atoms with van der Waals surface area (Å²) in [6.45, 7) is 3.94. The van der Waals surface area contributed by atoms with Gasteiger partial charge >= 0.3 is 5.97 Å². The zero-order chi connectivity index (χ0) is 13.5. The van der Waals surface area contributed by atoms with Crippen molar-refractivity contribution in [3.8, 4) is 0 Å². The van der Waals surface area contributed by atoms with Crippen LogP contribution in [-0.4, -0.2) is 35.7 Å². The molecule has 18 heavy (non-hydrogen) atoms. The highest BCUT2D eigenvalue weighted by molar-refractivity contribution is 6.18. The number of hydrogen-bond donors (Lipinski definition) is 2. The molecule has 5 heteroatoms. The van der Waals surface area contributed by atoms with E-state index < -0.39 is 6.10 Å². The molecule has 0 heterocycles. The van der Waals surface area contributed by atoms with Crippen molar-refractivity contribution in [1.29, 1.82) is 0 Å². The Morgan fingerprint density at radius 1 is 1.50 bits per heavy atom. The highest BCUT2D eigenvalue weighted by atomic mass is 35.5. The van der Waals surface area contributed by atoms with Crippen molar-refractivity contribution in [2.24, 2.45) is 0 Å². The molecule has 0 saturated carbocycles. The normalized spacial score (nSPS) is 12.3. The summed E-state index contributed by atoms with van der Waals surface area (Å²) in [6.07, 6.45) is -0.759. The van der Waals surface area contributed by atoms with Crippen molar-refractivity contribution in [2.45, 2.75) is 26.1 Å². The lowest BCUT2D eigenvalue weighted by molar-refractivity contribution is 0.0378. The number of carbonyl (C=O) groups excluding carboxylic acids is 1. The number of nitrogens with one attached hydrogen (secondary N) is 1. The van der Waals surface area contributed by atoms with E-state index in [-0.39, 0.29) is 18.0 Å². The van der Waals surface area contributed by atoms with Gasteiger partial charge in [-0.15, -0.1) is 11.6 Å². The maximum Gasteiger partial charge on any atom is 0.338 e. The van der Waals surface area contributed by atoms with E-state index in [0.29, 0.717) is 12.1 Å². The first-order chi connectivity index (χ1) is 8.52. The topological polar surface area (TPSA) is 58.6 Å². The molecule has 2 N–H and O–H groups in total. The van der Waals surface area contributed by atoms with Crippen LogP contribution in [0.1, 0.15) is 24.2 Å². The molecule has 1 unspecified atom stereocenters. The van der Waals surface area contributed by atoms with Crippen LogP contribution in [0.15, 0.2) is 24.3 Å². The lowest BCUT2D eigenvalue weighted by Crippen LogP contribution is -2.21. The van der Waals surface area contributed by atoms with Gasteiger partial charge in [-0.05, 0) is 32.0 Å². The highest BCUT2D eigenvalue weighted by Crippen LogP contribution is 2.12. The van der Waals surface area contributed by atoms with Crippen LogP contribution < -0.4 is 5.32 Å². The number of aliphatic hydroxyl groups excluding tert-OH is 1. The molecule has 100 valence electrons. The monoisotopic (exact) mass is 271 g/mol. The van der Waals surface area contributed by atoms with Crippen molar-refractivity contribution in [3.05, 3.63) is 29.8 Å². The second-order valence-electron chi connectivity index (χ2n) is 4.22. The van der Waals surface area contributed by atoms with E-state index in [1.807, 2.05) is 6.07 Å². The fraction of sp³-hybridized carbons (Fsp3) is 0.462. The Bertz CT molecular complexity index is 396. The minimum atomic E-state index is -0.613. The van der Waals surface area contributed by atoms with Crippen LogP contribution in [0.25, 0.3) is 0 Å². The maximum atomic E-state index is 11.7. The Balaban J connectivity index is 2.64. The minimum Gasteiger partial charge on any atom is -0.459 e. The fourth-order valence-electron chi connectivity index (χ4n) is 1.33. The van der Waals surface area contributed by atoms with Crippen LogP contribution >= 0.6 is 11.6 Å². The number of carbonyl (C=O) groups is 1. The third-order valence-corrected chi connectivity index (χ3v) is 2.52. The number of aliphatic hydroxyl groups is 1. The van der Waals surface area contributed by atoms with Crippen molar-refractivity contribution >= 4 is 23.3 Å². The number of halogens is 1. The van der Waals surface area contributed by atoms with Crippen molar-refractivity contribution in [2.75, 3.05) is 17.7 Å². The van der Waals surface area contributed by atoms with E-state index in [4.69, 9.17) is 16.3 Å². The first kappa shape index (κ1) is 14.8. The number of hydrogen-bond acceptors (Lipinski definition) is 4. The summed E-state index contributed by atoms with van der Waals surface area (Å²) < 4.78 is 5.10. The zero-order valence-electron chi connectivity index (χ0n) is 10.5. The van der Waals surface area contributed by atoms with Crippen molar-refractivity contribution in [3.63, 3.8) is 0 Å². The third kappa shape index (κ3) is 4.94. The number of rotatable bonds is 6. The summed E-state index contributed by atoms with van der Waals surface area (Å²) in [5, 5.41) is 12.3. The predicted molar refractivity (Wildman–Crippen MR) is 72.2 cm³/mol. The first-order valence-electron chi connectivity index (χ1n) is 5.82. The summed E-state index contributed by atoms with van der Waals surface area (Å²) in [5.74, 6) is -0.186. The number of esters is 1. The Hall–Kier alpha value is -1.26. The summed E-state index contributed by atoms with van der Waals surface area (Å²) in [6, 6.07) is 6.94. The quantitative estimate of drug-likeness (QED) is 0.616. The molecule has 1 aromatic carbocycles. The van der Waals surface area contributed by atoms with E-state index in [2.05, 4.69) is 5.32 Å². The van der Waals surface area contributed by atoms with E-state index >= 15 is 0 Å². The second kappa shape index (κ2) is 7.24. The number of benzene rings is 1. The number of anilines is 1. The maximum absolute atomic E-state index is 11.7. The van der Waals surface area contributed by atoms with Gasteiger partial charge in [-0.3, -0.25) is 0 Å². The fourth-order valence-corrected chi connectivity index (χ4v) is 1.44. The molecule has 0 aromatic heterocycles. The molecule has 0 bridgehead atoms. The third-order valence-electron chi connectivity index (χ3n) is 2.16. The molecular formula is C13H18ClNO3. The van der Waals surface area contributed by atoms with Gasteiger partial charge in [0.15, 0.2) is 0 Å². The van der Waals surface area contributed by atoms with Gasteiger partial charge in [0.2, 0.25) is 0 Å². The van der Waals surface area contributed by atoms with E-state index in [9.17, 15) is 9.90 Å². The van der Waals surface area contributed by atoms with Crippen LogP contribution in [0.4, 0.5) is 5.69 Å². The van der Waals surface area contributed by atoms with E-state index in [1.54, 1.807) is 32.0 Å². The van der Waals surface area contributed by atoms with Crippen LogP contribution in [0, 0.1) is 0 Å². The van der Waals surface area contributed by atoms with Crippen LogP contribution in [0.5, 0.6) is 0 Å². The molecule has 0 spiro atoms. The molecule has 1 atom stereocenters. The molecule has 0 saturated heterocycles. The number of ether oxygens (including phenoxy) is 1. The Morgan fingerprint density at radius 2 is 2.22 bits per heavy atom. The summed E-state index contributed by atoms with van der Waals surface area (Å²) in [7, 11) is 0. The molecule has 4 nitrogen and oxygen atoms in total. The lowest BCUT2D eigenvalue weighted by Gasteiger charge is -2.12. The van der Waals surface area contributed by atoms with Crippen LogP contribution in [0.3, 0.4) is 0 Å². The van der Waals surface area contributed by atoms with Crippen molar-refractivity contribution in [1.82, 2.24) is 0 Å². The standard InChI is InChI=1S/C13H18ClNO3/c1-9(2)18-13(17)10-4-3-5-11(6-10)15-8-12(16)7-14/h3-6,9,12,15-16H,7-8H2,1-2H3. The molecule has 1 aromatic rings. The molecule has 0 fully saturated rings. The van der Waals surface area contributed by atoms with Crippen molar-refractivity contribution < 1.29 is 14.6 Å². The van der Waals surface area contributed by atoms with Gasteiger partial charge in [0, 0.05) is 12.2 Å². The van der Waals surface area contributed by atoms with E-state index in [1.165, 1.54) is 0 Å². The molecule has 0 aliphatic heterocycles. The second-order valence-corrected chi connectivity index (χ2v) is 4.53. The Morgan fingerprint density at radius 3 is 2.83 bits per heavy atom. The first-order valence-corrected chi connectivity index (χ1v) is 6.35. The number of alkyl halides is 1. The molecular weight excluding hydrogens is 254 g/mol. The molecule has 0 amide bonds. The molecule has 0 aliphatic carbocycles. The zero-order valence-corrected chi connectivity index (χ0v) is 11.3. The predicted octanol–water partition coefficient (Wildman–Crippen LogP) is 2.26. The lowest BCUT2D eigenvalue weighted by atomic mass is 10.2. The van der Waals surface area contributed by atoms with Gasteiger partial charge < -0.3 is 15.2 Å². The van der Waals surface area contributed by atoms with E-state index in [0.717, 1.165) is 5.69 Å². The average Bonchev–Trinajstić information content (AvgIpc) is 2.35. The molecule has 0 aliphatic rings. The largest absolute Gasteiger partial charge is 0.459 e. The summed E-state index contributed by atoms with van der Waals surface area (Å²) in [5.41, 5.74) is 1.23. The minimum absolute atomic E-state index is 0.146. The van der Waals surface area contributed by atoms with Gasteiger partial charge in [0.1, 0.15) is 0 Å². The summed E-state index contributed by atoms with van der Waals surface area (Å²) >= 11 is 5.49.